The molecule has 1 N–H and O–H groups in total. The first kappa shape index (κ1) is 25.7. The smallest absolute Gasteiger partial charge is 0.269 e. The fraction of sp³-hybridized carbons (Fsp3) is 0.167. The number of nitriles is 1. The van der Waals surface area contributed by atoms with Gasteiger partial charge in [-0.05, 0) is 54.9 Å². The quantitative estimate of drug-likeness (QED) is 0.345. The number of amidine groups is 1. The van der Waals surface area contributed by atoms with Gasteiger partial charge in [-0.1, -0.05) is 71.9 Å². The van der Waals surface area contributed by atoms with E-state index < -0.39 is 0 Å². The number of aryl methyl sites for hydroxylation is 1. The second-order valence-corrected chi connectivity index (χ2v) is 10.8. The summed E-state index contributed by atoms with van der Waals surface area (Å²) in [6.07, 6.45) is 0. The summed E-state index contributed by atoms with van der Waals surface area (Å²) >= 11 is 2.94. The molecule has 0 aromatic heterocycles. The van der Waals surface area contributed by atoms with E-state index in [2.05, 4.69) is 52.9 Å². The Labute approximate surface area is 231 Å². The van der Waals surface area contributed by atoms with Crippen molar-refractivity contribution in [3.8, 4) is 6.07 Å². The molecule has 0 saturated carbocycles. The van der Waals surface area contributed by atoms with Gasteiger partial charge in [0.05, 0.1) is 40.3 Å². The second-order valence-electron chi connectivity index (χ2n) is 8.93. The minimum absolute atomic E-state index is 0.0769. The van der Waals surface area contributed by atoms with Crippen LogP contribution in [0.15, 0.2) is 93.1 Å². The molecule has 2 aliphatic heterocycles. The van der Waals surface area contributed by atoms with E-state index in [0.717, 1.165) is 27.5 Å². The molecule has 1 fully saturated rings. The Balaban J connectivity index is 1.55. The molecule has 6 nitrogen and oxygen atoms in total. The van der Waals surface area contributed by atoms with Crippen molar-refractivity contribution in [3.63, 3.8) is 0 Å². The number of carbonyl (C=O) groups is 1. The average Bonchev–Trinajstić information content (AvgIpc) is 3.45. The second kappa shape index (κ2) is 11.2. The van der Waals surface area contributed by atoms with E-state index in [1.165, 1.54) is 17.3 Å². The molecule has 2 heterocycles. The van der Waals surface area contributed by atoms with Crippen molar-refractivity contribution in [2.75, 3.05) is 18.9 Å². The molecule has 0 spiro atoms. The fourth-order valence-electron chi connectivity index (χ4n) is 4.23. The van der Waals surface area contributed by atoms with Crippen LogP contribution in [0.1, 0.15) is 29.2 Å². The number of rotatable bonds is 6. The van der Waals surface area contributed by atoms with Gasteiger partial charge in [-0.2, -0.15) is 5.26 Å². The first-order valence-corrected chi connectivity index (χ1v) is 14.0. The van der Waals surface area contributed by atoms with Crippen LogP contribution in [0.4, 0.5) is 11.4 Å². The molecule has 190 valence electrons. The first-order valence-electron chi connectivity index (χ1n) is 12.3. The molecule has 0 unspecified atom stereocenters. The third-order valence-electron chi connectivity index (χ3n) is 6.25. The van der Waals surface area contributed by atoms with Crippen LogP contribution >= 0.6 is 23.5 Å². The molecule has 3 aromatic carbocycles. The lowest BCUT2D eigenvalue weighted by molar-refractivity contribution is -0.122. The van der Waals surface area contributed by atoms with E-state index in [1.54, 1.807) is 28.8 Å². The third-order valence-corrected chi connectivity index (χ3v) is 8.48. The van der Waals surface area contributed by atoms with Gasteiger partial charge in [-0.3, -0.25) is 9.69 Å². The monoisotopic (exact) mass is 537 g/mol. The Morgan fingerprint density at radius 3 is 2.53 bits per heavy atom. The topological polar surface area (TPSA) is 71.7 Å². The highest BCUT2D eigenvalue weighted by molar-refractivity contribution is 8.19. The Kier molecular flexibility index (Phi) is 7.59. The Morgan fingerprint density at radius 2 is 1.82 bits per heavy atom. The zero-order chi connectivity index (χ0) is 26.6. The molecule has 1 amide bonds. The molecule has 38 heavy (non-hydrogen) atoms. The van der Waals surface area contributed by atoms with Gasteiger partial charge in [0.25, 0.3) is 5.91 Å². The van der Waals surface area contributed by atoms with E-state index in [0.29, 0.717) is 34.4 Å². The van der Waals surface area contributed by atoms with E-state index in [9.17, 15) is 10.1 Å². The number of amides is 1. The lowest BCUT2D eigenvalue weighted by Gasteiger charge is -2.19. The highest BCUT2D eigenvalue weighted by atomic mass is 32.2. The van der Waals surface area contributed by atoms with Crippen molar-refractivity contribution in [2.24, 2.45) is 4.99 Å². The first-order chi connectivity index (χ1) is 18.5. The van der Waals surface area contributed by atoms with E-state index >= 15 is 0 Å². The van der Waals surface area contributed by atoms with Crippen LogP contribution in [-0.4, -0.2) is 34.5 Å². The molecular formula is C30H27N5OS2. The SMILES string of the molecule is CCNc1ccc(C#N)cc1N=C1S/C(=C2\SC=C(c3ccc(C)cc3)N2C)C(=O)N1Cc1ccccc1. The molecule has 0 bridgehead atoms. The minimum atomic E-state index is -0.0769. The Bertz CT molecular complexity index is 1500. The maximum atomic E-state index is 13.9. The summed E-state index contributed by atoms with van der Waals surface area (Å²) in [7, 11) is 2.00. The van der Waals surface area contributed by atoms with E-state index in [4.69, 9.17) is 4.99 Å². The molecule has 3 aromatic rings. The van der Waals surface area contributed by atoms with Crippen molar-refractivity contribution in [1.82, 2.24) is 9.80 Å². The van der Waals surface area contributed by atoms with Gasteiger partial charge >= 0.3 is 0 Å². The van der Waals surface area contributed by atoms with Gasteiger partial charge in [0.1, 0.15) is 4.91 Å². The Hall–Kier alpha value is -3.93. The van der Waals surface area contributed by atoms with Crippen molar-refractivity contribution < 1.29 is 4.79 Å². The summed E-state index contributed by atoms with van der Waals surface area (Å²) in [5.74, 6) is -0.0769. The maximum absolute atomic E-state index is 13.9. The predicted octanol–water partition coefficient (Wildman–Crippen LogP) is 6.91. The van der Waals surface area contributed by atoms with Crippen LogP contribution in [0, 0.1) is 18.3 Å². The zero-order valence-corrected chi connectivity index (χ0v) is 23.1. The van der Waals surface area contributed by atoms with Gasteiger partial charge in [-0.25, -0.2) is 4.99 Å². The number of hydrogen-bond acceptors (Lipinski definition) is 7. The number of anilines is 1. The van der Waals surface area contributed by atoms with Gasteiger partial charge in [0, 0.05) is 19.0 Å². The van der Waals surface area contributed by atoms with E-state index in [-0.39, 0.29) is 5.91 Å². The maximum Gasteiger partial charge on any atom is 0.269 e. The summed E-state index contributed by atoms with van der Waals surface area (Å²) in [6, 6.07) is 25.9. The molecule has 5 rings (SSSR count). The van der Waals surface area contributed by atoms with Crippen molar-refractivity contribution >= 4 is 51.7 Å². The van der Waals surface area contributed by atoms with E-state index in [1.807, 2.05) is 50.4 Å². The van der Waals surface area contributed by atoms with Crippen molar-refractivity contribution in [3.05, 3.63) is 110 Å². The highest BCUT2D eigenvalue weighted by Crippen LogP contribution is 2.46. The minimum Gasteiger partial charge on any atom is -0.384 e. The average molecular weight is 538 g/mol. The summed E-state index contributed by atoms with van der Waals surface area (Å²) in [5.41, 5.74) is 6.37. The summed E-state index contributed by atoms with van der Waals surface area (Å²) in [5, 5.41) is 16.4. The third kappa shape index (κ3) is 5.21. The largest absolute Gasteiger partial charge is 0.384 e. The normalized spacial score (nSPS) is 18.2. The molecule has 0 radical (unpaired) electrons. The van der Waals surface area contributed by atoms with Crippen LogP contribution < -0.4 is 5.32 Å². The molecular weight excluding hydrogens is 510 g/mol. The van der Waals surface area contributed by atoms with Gasteiger partial charge in [-0.15, -0.1) is 0 Å². The highest BCUT2D eigenvalue weighted by Gasteiger charge is 2.38. The van der Waals surface area contributed by atoms with Crippen LogP contribution in [0.5, 0.6) is 0 Å². The molecule has 0 atom stereocenters. The van der Waals surface area contributed by atoms with Crippen molar-refractivity contribution in [2.45, 2.75) is 20.4 Å². The number of thioether (sulfide) groups is 2. The molecule has 0 aliphatic carbocycles. The standard InChI is InChI=1S/C30H27N5OS2/c1-4-32-24-15-12-22(17-31)16-25(24)33-30-35(18-21-8-6-5-7-9-21)28(36)27(38-30)29-34(3)26(19-37-29)23-13-10-20(2)11-14-23/h5-16,19,32H,4,18H2,1-3H3/b29-27-,33-30?. The van der Waals surface area contributed by atoms with Gasteiger partial charge in [0.15, 0.2) is 5.17 Å². The lowest BCUT2D eigenvalue weighted by atomic mass is 10.1. The van der Waals surface area contributed by atoms with Crippen LogP contribution in [-0.2, 0) is 11.3 Å². The molecule has 2 aliphatic rings. The number of hydrogen-bond donors (Lipinski definition) is 1. The van der Waals surface area contributed by atoms with Crippen LogP contribution in [0.2, 0.25) is 0 Å². The number of aliphatic imine (C=N–C) groups is 1. The van der Waals surface area contributed by atoms with Crippen LogP contribution in [0.3, 0.4) is 0 Å². The molecule has 1 saturated heterocycles. The summed E-state index contributed by atoms with van der Waals surface area (Å²) in [4.78, 5) is 23.3. The lowest BCUT2D eigenvalue weighted by Crippen LogP contribution is -2.29. The number of nitrogens with zero attached hydrogens (tertiary/aromatic N) is 4. The molecule has 8 heteroatoms. The van der Waals surface area contributed by atoms with Gasteiger partial charge in [0.2, 0.25) is 0 Å². The summed E-state index contributed by atoms with van der Waals surface area (Å²) < 4.78 is 0. The number of nitrogens with one attached hydrogen (secondary N) is 1. The van der Waals surface area contributed by atoms with Crippen LogP contribution in [0.25, 0.3) is 5.70 Å². The predicted molar refractivity (Wildman–Crippen MR) is 159 cm³/mol. The Morgan fingerprint density at radius 1 is 1.05 bits per heavy atom. The zero-order valence-electron chi connectivity index (χ0n) is 21.4. The van der Waals surface area contributed by atoms with Crippen molar-refractivity contribution in [1.29, 1.82) is 5.26 Å². The number of benzene rings is 3. The number of carbonyl (C=O) groups excluding carboxylic acids is 1. The fourth-order valence-corrected chi connectivity index (χ4v) is 6.47. The van der Waals surface area contributed by atoms with Gasteiger partial charge < -0.3 is 10.2 Å². The summed E-state index contributed by atoms with van der Waals surface area (Å²) in [6.45, 7) is 5.21.